The van der Waals surface area contributed by atoms with Gasteiger partial charge in [0.2, 0.25) is 5.91 Å². The highest BCUT2D eigenvalue weighted by Gasteiger charge is 2.21. The third-order valence-corrected chi connectivity index (χ3v) is 4.36. The molecule has 0 aliphatic rings. The first-order valence-electron chi connectivity index (χ1n) is 6.17. The van der Waals surface area contributed by atoms with Gasteiger partial charge in [-0.3, -0.25) is 4.79 Å². The van der Waals surface area contributed by atoms with Crippen LogP contribution in [0.1, 0.15) is 29.8 Å². The molecule has 110 valence electrons. The van der Waals surface area contributed by atoms with E-state index in [9.17, 15) is 18.0 Å². The molecule has 0 aromatic heterocycles. The molecule has 0 saturated carbocycles. The maximum atomic E-state index is 12.0. The molecule has 0 atom stereocenters. The van der Waals surface area contributed by atoms with Crippen molar-refractivity contribution >= 4 is 21.7 Å². The average Bonchev–Trinajstić information content (AvgIpc) is 2.37. The molecule has 0 heterocycles. The number of carboxylic acids is 1. The molecule has 0 aliphatic carbocycles. The van der Waals surface area contributed by atoms with Crippen molar-refractivity contribution in [1.82, 2.24) is 5.32 Å². The van der Waals surface area contributed by atoms with Gasteiger partial charge in [-0.1, -0.05) is 13.0 Å². The summed E-state index contributed by atoms with van der Waals surface area (Å²) in [5.74, 6) is -2.48. The number of carbonyl (C=O) groups is 2. The van der Waals surface area contributed by atoms with Gasteiger partial charge in [0.1, 0.15) is 5.75 Å². The lowest BCUT2D eigenvalue weighted by Crippen LogP contribution is -2.30. The van der Waals surface area contributed by atoms with Crippen LogP contribution >= 0.6 is 0 Å². The van der Waals surface area contributed by atoms with Gasteiger partial charge in [0.25, 0.3) is 0 Å². The molecular formula is C13H17NO5S. The third-order valence-electron chi connectivity index (χ3n) is 2.75. The second-order valence-corrected chi connectivity index (χ2v) is 6.18. The number of sulfone groups is 1. The fourth-order valence-corrected chi connectivity index (χ4v) is 2.95. The Morgan fingerprint density at radius 3 is 2.40 bits per heavy atom. The first-order chi connectivity index (χ1) is 9.31. The number of rotatable bonds is 6. The fourth-order valence-electron chi connectivity index (χ4n) is 1.76. The number of hydrogen-bond donors (Lipinski definition) is 2. The van der Waals surface area contributed by atoms with Crippen LogP contribution in [-0.4, -0.2) is 37.7 Å². The molecule has 1 aromatic carbocycles. The van der Waals surface area contributed by atoms with Crippen LogP contribution in [0.2, 0.25) is 0 Å². The SMILES string of the molecule is CCNC(=O)CS(=O)(=O)c1ccc(CC)c(C(=O)O)c1. The van der Waals surface area contributed by atoms with Gasteiger partial charge >= 0.3 is 5.97 Å². The zero-order valence-electron chi connectivity index (χ0n) is 11.3. The second-order valence-electron chi connectivity index (χ2n) is 4.19. The van der Waals surface area contributed by atoms with E-state index in [-0.39, 0.29) is 10.5 Å². The number of hydrogen-bond acceptors (Lipinski definition) is 4. The largest absolute Gasteiger partial charge is 0.478 e. The van der Waals surface area contributed by atoms with E-state index >= 15 is 0 Å². The van der Waals surface area contributed by atoms with E-state index < -0.39 is 27.5 Å². The summed E-state index contributed by atoms with van der Waals surface area (Å²) in [6, 6.07) is 3.91. The summed E-state index contributed by atoms with van der Waals surface area (Å²) in [5, 5.41) is 11.5. The summed E-state index contributed by atoms with van der Waals surface area (Å²) in [6.45, 7) is 3.80. The van der Waals surface area contributed by atoms with Crippen molar-refractivity contribution < 1.29 is 23.1 Å². The van der Waals surface area contributed by atoms with E-state index in [0.29, 0.717) is 18.5 Å². The van der Waals surface area contributed by atoms with Gasteiger partial charge in [0.05, 0.1) is 10.5 Å². The molecule has 2 N–H and O–H groups in total. The lowest BCUT2D eigenvalue weighted by molar-refractivity contribution is -0.118. The highest BCUT2D eigenvalue weighted by Crippen LogP contribution is 2.18. The monoisotopic (exact) mass is 299 g/mol. The molecule has 0 saturated heterocycles. The summed E-state index contributed by atoms with van der Waals surface area (Å²) < 4.78 is 24.1. The van der Waals surface area contributed by atoms with Crippen molar-refractivity contribution in [2.45, 2.75) is 25.2 Å². The van der Waals surface area contributed by atoms with Crippen LogP contribution in [0.5, 0.6) is 0 Å². The Morgan fingerprint density at radius 1 is 1.25 bits per heavy atom. The highest BCUT2D eigenvalue weighted by atomic mass is 32.2. The Labute approximate surface area is 117 Å². The Balaban J connectivity index is 3.16. The van der Waals surface area contributed by atoms with Crippen LogP contribution in [0.4, 0.5) is 0 Å². The molecule has 7 heteroatoms. The highest BCUT2D eigenvalue weighted by molar-refractivity contribution is 7.92. The molecule has 20 heavy (non-hydrogen) atoms. The molecule has 0 bridgehead atoms. The van der Waals surface area contributed by atoms with Crippen molar-refractivity contribution in [3.05, 3.63) is 29.3 Å². The summed E-state index contributed by atoms with van der Waals surface area (Å²) in [7, 11) is -3.84. The van der Waals surface area contributed by atoms with Gasteiger partial charge in [0, 0.05) is 6.54 Å². The van der Waals surface area contributed by atoms with Crippen LogP contribution < -0.4 is 5.32 Å². The summed E-state index contributed by atoms with van der Waals surface area (Å²) in [5.41, 5.74) is 0.499. The first kappa shape index (κ1) is 16.2. The predicted molar refractivity (Wildman–Crippen MR) is 73.5 cm³/mol. The van der Waals surface area contributed by atoms with E-state index in [0.717, 1.165) is 6.07 Å². The normalized spacial score (nSPS) is 11.1. The van der Waals surface area contributed by atoms with Gasteiger partial charge < -0.3 is 10.4 Å². The standard InChI is InChI=1S/C13H17NO5S/c1-3-9-5-6-10(7-11(9)13(16)17)20(18,19)8-12(15)14-4-2/h5-7H,3-4,8H2,1-2H3,(H,14,15)(H,16,17). The molecule has 1 rings (SSSR count). The summed E-state index contributed by atoms with van der Waals surface area (Å²) >= 11 is 0. The predicted octanol–water partition coefficient (Wildman–Crippen LogP) is 0.857. The van der Waals surface area contributed by atoms with E-state index in [2.05, 4.69) is 5.32 Å². The number of amides is 1. The Bertz CT molecular complexity index is 622. The smallest absolute Gasteiger partial charge is 0.336 e. The van der Waals surface area contributed by atoms with Crippen molar-refractivity contribution in [2.75, 3.05) is 12.3 Å². The summed E-state index contributed by atoms with van der Waals surface area (Å²) in [6.07, 6.45) is 0.484. The van der Waals surface area contributed by atoms with Crippen molar-refractivity contribution in [3.8, 4) is 0 Å². The van der Waals surface area contributed by atoms with Gasteiger partial charge in [-0.25, -0.2) is 13.2 Å². The van der Waals surface area contributed by atoms with Gasteiger partial charge in [-0.2, -0.15) is 0 Å². The number of aromatic carboxylic acids is 1. The number of benzene rings is 1. The number of nitrogens with one attached hydrogen (secondary N) is 1. The van der Waals surface area contributed by atoms with Crippen LogP contribution in [0.15, 0.2) is 23.1 Å². The maximum absolute atomic E-state index is 12.0. The first-order valence-corrected chi connectivity index (χ1v) is 7.82. The minimum absolute atomic E-state index is 0.0514. The number of aryl methyl sites for hydroxylation is 1. The lowest BCUT2D eigenvalue weighted by Gasteiger charge is -2.08. The molecular weight excluding hydrogens is 282 g/mol. The van der Waals surface area contributed by atoms with Crippen molar-refractivity contribution in [2.24, 2.45) is 0 Å². The number of carboxylic acid groups (broad SMARTS) is 1. The molecule has 0 unspecified atom stereocenters. The molecule has 0 radical (unpaired) electrons. The van der Waals surface area contributed by atoms with Crippen LogP contribution in [0.25, 0.3) is 0 Å². The van der Waals surface area contributed by atoms with Gasteiger partial charge in [0.15, 0.2) is 9.84 Å². The minimum atomic E-state index is -3.84. The molecule has 1 aromatic rings. The quantitative estimate of drug-likeness (QED) is 0.811. The zero-order chi connectivity index (χ0) is 15.3. The third kappa shape index (κ3) is 3.80. The van der Waals surface area contributed by atoms with Crippen molar-refractivity contribution in [1.29, 1.82) is 0 Å². The topological polar surface area (TPSA) is 101 Å². The summed E-state index contributed by atoms with van der Waals surface area (Å²) in [4.78, 5) is 22.3. The Morgan fingerprint density at radius 2 is 1.90 bits per heavy atom. The maximum Gasteiger partial charge on any atom is 0.336 e. The fraction of sp³-hybridized carbons (Fsp3) is 0.385. The van der Waals surface area contributed by atoms with Crippen LogP contribution in [-0.2, 0) is 21.1 Å². The van der Waals surface area contributed by atoms with E-state index in [1.165, 1.54) is 12.1 Å². The molecule has 1 amide bonds. The number of carbonyl (C=O) groups excluding carboxylic acids is 1. The van der Waals surface area contributed by atoms with Crippen molar-refractivity contribution in [3.63, 3.8) is 0 Å². The average molecular weight is 299 g/mol. The zero-order valence-corrected chi connectivity index (χ0v) is 12.2. The van der Waals surface area contributed by atoms with E-state index in [4.69, 9.17) is 5.11 Å². The second kappa shape index (κ2) is 6.51. The molecule has 0 aliphatic heterocycles. The van der Waals surface area contributed by atoms with Crippen LogP contribution in [0.3, 0.4) is 0 Å². The Hall–Kier alpha value is -1.89. The van der Waals surface area contributed by atoms with Crippen LogP contribution in [0, 0.1) is 0 Å². The molecule has 6 nitrogen and oxygen atoms in total. The van der Waals surface area contributed by atoms with Gasteiger partial charge in [-0.05, 0) is 31.0 Å². The Kier molecular flexibility index (Phi) is 5.26. The molecule has 0 spiro atoms. The molecule has 0 fully saturated rings. The van der Waals surface area contributed by atoms with E-state index in [1.807, 2.05) is 0 Å². The minimum Gasteiger partial charge on any atom is -0.478 e. The van der Waals surface area contributed by atoms with Gasteiger partial charge in [-0.15, -0.1) is 0 Å². The van der Waals surface area contributed by atoms with E-state index in [1.54, 1.807) is 13.8 Å². The lowest BCUT2D eigenvalue weighted by atomic mass is 10.1.